The standard InChI is InChI=1S/C12H15N3O2/c1-15(12(16)11(14)8-17-2)10-5-3-9(7-13)4-6-10/h3-6,11H,8,14H2,1-2H3. The third-order valence-corrected chi connectivity index (χ3v) is 2.38. The van der Waals surface area contributed by atoms with Crippen LogP contribution >= 0.6 is 0 Å². The van der Waals surface area contributed by atoms with E-state index in [-0.39, 0.29) is 12.5 Å². The van der Waals surface area contributed by atoms with E-state index in [1.807, 2.05) is 6.07 Å². The molecule has 0 aliphatic carbocycles. The van der Waals surface area contributed by atoms with Gasteiger partial charge in [-0.25, -0.2) is 0 Å². The second-order valence-corrected chi connectivity index (χ2v) is 3.62. The summed E-state index contributed by atoms with van der Waals surface area (Å²) in [6, 6.07) is 8.05. The fraction of sp³-hybridized carbons (Fsp3) is 0.333. The van der Waals surface area contributed by atoms with Crippen LogP contribution in [-0.2, 0) is 9.53 Å². The molecule has 0 aliphatic heterocycles. The lowest BCUT2D eigenvalue weighted by Crippen LogP contribution is -2.44. The molecule has 5 nitrogen and oxygen atoms in total. The molecule has 0 radical (unpaired) electrons. The average molecular weight is 233 g/mol. The summed E-state index contributed by atoms with van der Waals surface area (Å²) in [6.07, 6.45) is 0. The summed E-state index contributed by atoms with van der Waals surface area (Å²) in [5.74, 6) is -0.225. The third-order valence-electron chi connectivity index (χ3n) is 2.38. The minimum Gasteiger partial charge on any atom is -0.383 e. The monoisotopic (exact) mass is 233 g/mol. The van der Waals surface area contributed by atoms with Gasteiger partial charge in [-0.15, -0.1) is 0 Å². The predicted octanol–water partition coefficient (Wildman–Crippen LogP) is 0.495. The number of anilines is 1. The Hall–Kier alpha value is -1.90. The highest BCUT2D eigenvalue weighted by Crippen LogP contribution is 2.14. The molecule has 0 bridgehead atoms. The fourth-order valence-electron chi connectivity index (χ4n) is 1.39. The summed E-state index contributed by atoms with van der Waals surface area (Å²) < 4.78 is 4.83. The van der Waals surface area contributed by atoms with Crippen molar-refractivity contribution in [3.8, 4) is 6.07 Å². The number of nitrogens with two attached hydrogens (primary N) is 1. The molecular weight excluding hydrogens is 218 g/mol. The minimum atomic E-state index is -0.680. The zero-order chi connectivity index (χ0) is 12.8. The Morgan fingerprint density at radius 1 is 1.53 bits per heavy atom. The molecule has 0 spiro atoms. The number of carbonyl (C=O) groups is 1. The number of ether oxygens (including phenoxy) is 1. The van der Waals surface area contributed by atoms with E-state index in [0.29, 0.717) is 11.3 Å². The van der Waals surface area contributed by atoms with Crippen molar-refractivity contribution >= 4 is 11.6 Å². The lowest BCUT2D eigenvalue weighted by Gasteiger charge is -2.21. The highest BCUT2D eigenvalue weighted by molar-refractivity contribution is 5.96. The Kier molecular flexibility index (Phi) is 4.64. The Labute approximate surface area is 100 Å². The second kappa shape index (κ2) is 5.99. The SMILES string of the molecule is COCC(N)C(=O)N(C)c1ccc(C#N)cc1. The number of nitrogens with zero attached hydrogens (tertiary/aromatic N) is 2. The number of rotatable bonds is 4. The molecule has 90 valence electrons. The normalized spacial score (nSPS) is 11.6. The van der Waals surface area contributed by atoms with E-state index in [1.54, 1.807) is 31.3 Å². The maximum atomic E-state index is 11.8. The molecule has 0 saturated carbocycles. The van der Waals surface area contributed by atoms with Crippen molar-refractivity contribution < 1.29 is 9.53 Å². The molecule has 0 fully saturated rings. The molecule has 1 amide bonds. The first-order valence-corrected chi connectivity index (χ1v) is 5.12. The summed E-state index contributed by atoms with van der Waals surface area (Å²) >= 11 is 0. The molecule has 2 N–H and O–H groups in total. The molecule has 5 heteroatoms. The van der Waals surface area contributed by atoms with Gasteiger partial charge in [-0.05, 0) is 24.3 Å². The maximum absolute atomic E-state index is 11.8. The highest BCUT2D eigenvalue weighted by Gasteiger charge is 2.18. The first-order chi connectivity index (χ1) is 8.10. The number of benzene rings is 1. The third kappa shape index (κ3) is 3.28. The van der Waals surface area contributed by atoms with Gasteiger partial charge >= 0.3 is 0 Å². The topological polar surface area (TPSA) is 79.3 Å². The van der Waals surface area contributed by atoms with E-state index in [0.717, 1.165) is 0 Å². The van der Waals surface area contributed by atoms with Crippen molar-refractivity contribution in [2.75, 3.05) is 25.7 Å². The van der Waals surface area contributed by atoms with Gasteiger partial charge < -0.3 is 15.4 Å². The average Bonchev–Trinajstić information content (AvgIpc) is 2.37. The maximum Gasteiger partial charge on any atom is 0.246 e. The molecule has 1 aromatic rings. The minimum absolute atomic E-state index is 0.180. The van der Waals surface area contributed by atoms with E-state index in [1.165, 1.54) is 12.0 Å². The van der Waals surface area contributed by atoms with Crippen molar-refractivity contribution in [2.45, 2.75) is 6.04 Å². The quantitative estimate of drug-likeness (QED) is 0.821. The van der Waals surface area contributed by atoms with Gasteiger partial charge in [0.1, 0.15) is 6.04 Å². The molecule has 1 rings (SSSR count). The number of nitriles is 1. The molecule has 1 unspecified atom stereocenters. The van der Waals surface area contributed by atoms with Crippen LogP contribution in [0.2, 0.25) is 0 Å². The highest BCUT2D eigenvalue weighted by atomic mass is 16.5. The van der Waals surface area contributed by atoms with E-state index in [4.69, 9.17) is 15.7 Å². The molecule has 0 aromatic heterocycles. The Bertz CT molecular complexity index is 422. The van der Waals surface area contributed by atoms with Crippen molar-refractivity contribution in [1.29, 1.82) is 5.26 Å². The number of hydrogen-bond acceptors (Lipinski definition) is 4. The molecule has 17 heavy (non-hydrogen) atoms. The van der Waals surface area contributed by atoms with Crippen LogP contribution in [0.4, 0.5) is 5.69 Å². The van der Waals surface area contributed by atoms with Gasteiger partial charge in [-0.1, -0.05) is 0 Å². The molecule has 0 aliphatic rings. The lowest BCUT2D eigenvalue weighted by molar-refractivity contribution is -0.120. The Balaban J connectivity index is 2.78. The van der Waals surface area contributed by atoms with Crippen LogP contribution in [0.1, 0.15) is 5.56 Å². The van der Waals surface area contributed by atoms with Crippen LogP contribution in [0.15, 0.2) is 24.3 Å². The Morgan fingerprint density at radius 2 is 2.12 bits per heavy atom. The van der Waals surface area contributed by atoms with Gasteiger partial charge in [0.2, 0.25) is 5.91 Å². The smallest absolute Gasteiger partial charge is 0.246 e. The van der Waals surface area contributed by atoms with Crippen LogP contribution in [0, 0.1) is 11.3 Å². The second-order valence-electron chi connectivity index (χ2n) is 3.62. The zero-order valence-corrected chi connectivity index (χ0v) is 9.88. The summed E-state index contributed by atoms with van der Waals surface area (Å²) in [5, 5.41) is 8.67. The van der Waals surface area contributed by atoms with Crippen molar-refractivity contribution in [1.82, 2.24) is 0 Å². The van der Waals surface area contributed by atoms with Crippen molar-refractivity contribution in [2.24, 2.45) is 5.73 Å². The summed E-state index contributed by atoms with van der Waals surface area (Å²) in [5.41, 5.74) is 6.90. The van der Waals surface area contributed by atoms with E-state index < -0.39 is 6.04 Å². The van der Waals surface area contributed by atoms with Gasteiger partial charge in [0.15, 0.2) is 0 Å². The van der Waals surface area contributed by atoms with Gasteiger partial charge in [0.25, 0.3) is 0 Å². The first-order valence-electron chi connectivity index (χ1n) is 5.12. The molecule has 1 aromatic carbocycles. The van der Waals surface area contributed by atoms with Crippen LogP contribution in [0.5, 0.6) is 0 Å². The van der Waals surface area contributed by atoms with E-state index >= 15 is 0 Å². The fourth-order valence-corrected chi connectivity index (χ4v) is 1.39. The first kappa shape index (κ1) is 13.2. The summed E-state index contributed by atoms with van der Waals surface area (Å²) in [6.45, 7) is 0.180. The molecule has 0 saturated heterocycles. The van der Waals surface area contributed by atoms with Crippen LogP contribution < -0.4 is 10.6 Å². The lowest BCUT2D eigenvalue weighted by atomic mass is 10.2. The number of hydrogen-bond donors (Lipinski definition) is 1. The largest absolute Gasteiger partial charge is 0.383 e. The summed E-state index contributed by atoms with van der Waals surface area (Å²) in [7, 11) is 3.13. The van der Waals surface area contributed by atoms with Gasteiger partial charge in [0, 0.05) is 19.8 Å². The predicted molar refractivity (Wildman–Crippen MR) is 64.4 cm³/mol. The van der Waals surface area contributed by atoms with Crippen LogP contribution in [0.3, 0.4) is 0 Å². The number of methoxy groups -OCH3 is 1. The van der Waals surface area contributed by atoms with Crippen molar-refractivity contribution in [3.05, 3.63) is 29.8 Å². The number of amides is 1. The number of carbonyl (C=O) groups excluding carboxylic acids is 1. The van der Waals surface area contributed by atoms with Crippen molar-refractivity contribution in [3.63, 3.8) is 0 Å². The Morgan fingerprint density at radius 3 is 2.59 bits per heavy atom. The van der Waals surface area contributed by atoms with Crippen LogP contribution in [0.25, 0.3) is 0 Å². The van der Waals surface area contributed by atoms with Crippen LogP contribution in [-0.4, -0.2) is 32.7 Å². The van der Waals surface area contributed by atoms with E-state index in [2.05, 4.69) is 0 Å². The molecule has 1 atom stereocenters. The summed E-state index contributed by atoms with van der Waals surface area (Å²) in [4.78, 5) is 13.3. The number of likely N-dealkylation sites (N-methyl/N-ethyl adjacent to an activating group) is 1. The van der Waals surface area contributed by atoms with Gasteiger partial charge in [0.05, 0.1) is 18.2 Å². The van der Waals surface area contributed by atoms with Gasteiger partial charge in [-0.2, -0.15) is 5.26 Å². The van der Waals surface area contributed by atoms with Gasteiger partial charge in [-0.3, -0.25) is 4.79 Å². The molecular formula is C12H15N3O2. The zero-order valence-electron chi connectivity index (χ0n) is 9.88. The van der Waals surface area contributed by atoms with E-state index in [9.17, 15) is 4.79 Å². The molecule has 0 heterocycles.